The third-order valence-corrected chi connectivity index (χ3v) is 3.55. The fourth-order valence-corrected chi connectivity index (χ4v) is 2.37. The number of aromatic nitrogens is 1. The minimum Gasteiger partial charge on any atom is -0.469 e. The van der Waals surface area contributed by atoms with E-state index in [9.17, 15) is 4.79 Å². The lowest BCUT2D eigenvalue weighted by Gasteiger charge is -2.07. The zero-order chi connectivity index (χ0) is 13.8. The molecule has 1 heterocycles. The second-order valence-electron chi connectivity index (χ2n) is 4.34. The first kappa shape index (κ1) is 13.5. The first-order valence-corrected chi connectivity index (χ1v) is 6.82. The third-order valence-electron chi connectivity index (χ3n) is 2.74. The summed E-state index contributed by atoms with van der Waals surface area (Å²) >= 11 is 1.48. The minimum atomic E-state index is -0.274. The molecular weight excluding hydrogens is 260 g/mol. The second kappa shape index (κ2) is 5.84. The van der Waals surface area contributed by atoms with Gasteiger partial charge < -0.3 is 10.1 Å². The maximum Gasteiger partial charge on any atom is 0.311 e. The molecule has 1 aromatic heterocycles. The number of anilines is 2. The molecule has 0 spiro atoms. The van der Waals surface area contributed by atoms with Gasteiger partial charge in [0.2, 0.25) is 0 Å². The van der Waals surface area contributed by atoms with Crippen LogP contribution in [0.1, 0.15) is 16.8 Å². The van der Waals surface area contributed by atoms with Gasteiger partial charge in [-0.05, 0) is 31.0 Å². The Labute approximate surface area is 116 Å². The van der Waals surface area contributed by atoms with Gasteiger partial charge in [0.05, 0.1) is 19.2 Å². The van der Waals surface area contributed by atoms with Gasteiger partial charge in [-0.25, -0.2) is 4.98 Å². The third kappa shape index (κ3) is 3.54. The zero-order valence-corrected chi connectivity index (χ0v) is 12.0. The number of carbonyl (C=O) groups excluding carboxylic acids is 1. The van der Waals surface area contributed by atoms with Gasteiger partial charge in [-0.2, -0.15) is 0 Å². The summed E-state index contributed by atoms with van der Waals surface area (Å²) < 4.78 is 4.62. The number of nitrogens with one attached hydrogen (secondary N) is 1. The first-order valence-electron chi connectivity index (χ1n) is 5.94. The van der Waals surface area contributed by atoms with Gasteiger partial charge in [0.1, 0.15) is 0 Å². The van der Waals surface area contributed by atoms with E-state index in [0.717, 1.165) is 22.1 Å². The average Bonchev–Trinajstić information content (AvgIpc) is 2.81. The van der Waals surface area contributed by atoms with Crippen LogP contribution in [0.4, 0.5) is 10.8 Å². The fourth-order valence-electron chi connectivity index (χ4n) is 1.65. The molecule has 2 rings (SSSR count). The van der Waals surface area contributed by atoms with Gasteiger partial charge in [0, 0.05) is 11.1 Å². The minimum absolute atomic E-state index is 0.210. The van der Waals surface area contributed by atoms with E-state index in [4.69, 9.17) is 0 Å². The van der Waals surface area contributed by atoms with E-state index in [1.807, 2.05) is 12.3 Å². The van der Waals surface area contributed by atoms with Crippen molar-refractivity contribution in [2.75, 3.05) is 12.4 Å². The summed E-state index contributed by atoms with van der Waals surface area (Å²) in [6.07, 6.45) is 0.210. The number of rotatable bonds is 4. The molecule has 4 nitrogen and oxygen atoms in total. The molecule has 5 heteroatoms. The van der Waals surface area contributed by atoms with Crippen molar-refractivity contribution in [3.05, 3.63) is 40.4 Å². The molecule has 0 fully saturated rings. The SMILES string of the molecule is COC(=O)Cc1csc(Nc2cc(C)ccc2C)n1. The number of esters is 1. The Morgan fingerprint density at radius 3 is 2.95 bits per heavy atom. The monoisotopic (exact) mass is 276 g/mol. The van der Waals surface area contributed by atoms with Crippen molar-refractivity contribution in [2.45, 2.75) is 20.3 Å². The largest absolute Gasteiger partial charge is 0.469 e. The van der Waals surface area contributed by atoms with E-state index in [1.54, 1.807) is 0 Å². The van der Waals surface area contributed by atoms with Gasteiger partial charge in [0.15, 0.2) is 5.13 Å². The molecule has 0 unspecified atom stereocenters. The summed E-state index contributed by atoms with van der Waals surface area (Å²) in [6.45, 7) is 4.10. The highest BCUT2D eigenvalue weighted by Gasteiger charge is 2.08. The second-order valence-corrected chi connectivity index (χ2v) is 5.20. The molecule has 19 heavy (non-hydrogen) atoms. The Morgan fingerprint density at radius 1 is 1.42 bits per heavy atom. The van der Waals surface area contributed by atoms with Crippen LogP contribution in [0.5, 0.6) is 0 Å². The summed E-state index contributed by atoms with van der Waals surface area (Å²) in [5, 5.41) is 5.93. The van der Waals surface area contributed by atoms with Crippen molar-refractivity contribution < 1.29 is 9.53 Å². The fraction of sp³-hybridized carbons (Fsp3) is 0.286. The van der Waals surface area contributed by atoms with E-state index in [0.29, 0.717) is 0 Å². The molecular formula is C14H16N2O2S. The number of benzene rings is 1. The molecule has 0 radical (unpaired) electrons. The van der Waals surface area contributed by atoms with Crippen molar-refractivity contribution in [2.24, 2.45) is 0 Å². The molecule has 0 saturated heterocycles. The number of hydrogen-bond donors (Lipinski definition) is 1. The summed E-state index contributed by atoms with van der Waals surface area (Å²) in [4.78, 5) is 15.5. The highest BCUT2D eigenvalue weighted by atomic mass is 32.1. The lowest BCUT2D eigenvalue weighted by Crippen LogP contribution is -2.04. The van der Waals surface area contributed by atoms with Gasteiger partial charge in [-0.3, -0.25) is 4.79 Å². The highest BCUT2D eigenvalue weighted by molar-refractivity contribution is 7.13. The molecule has 0 bridgehead atoms. The smallest absolute Gasteiger partial charge is 0.311 e. The van der Waals surface area contributed by atoms with Crippen LogP contribution in [0.3, 0.4) is 0 Å². The highest BCUT2D eigenvalue weighted by Crippen LogP contribution is 2.24. The molecule has 0 atom stereocenters. The van der Waals surface area contributed by atoms with Crippen molar-refractivity contribution in [1.29, 1.82) is 0 Å². The van der Waals surface area contributed by atoms with E-state index in [2.05, 4.69) is 40.2 Å². The van der Waals surface area contributed by atoms with Crippen LogP contribution in [-0.4, -0.2) is 18.1 Å². The van der Waals surface area contributed by atoms with Crippen LogP contribution < -0.4 is 5.32 Å². The van der Waals surface area contributed by atoms with Crippen molar-refractivity contribution in [3.8, 4) is 0 Å². The van der Waals surface area contributed by atoms with Crippen molar-refractivity contribution in [3.63, 3.8) is 0 Å². The van der Waals surface area contributed by atoms with Crippen LogP contribution in [-0.2, 0) is 16.0 Å². The number of aryl methyl sites for hydroxylation is 2. The molecule has 0 aliphatic rings. The van der Waals surface area contributed by atoms with Crippen molar-refractivity contribution >= 4 is 28.1 Å². The number of carbonyl (C=O) groups is 1. The van der Waals surface area contributed by atoms with Gasteiger partial charge in [-0.1, -0.05) is 12.1 Å². The summed E-state index contributed by atoms with van der Waals surface area (Å²) in [6, 6.07) is 6.22. The lowest BCUT2D eigenvalue weighted by molar-refractivity contribution is -0.139. The average molecular weight is 276 g/mol. The normalized spacial score (nSPS) is 10.3. The molecule has 100 valence electrons. The van der Waals surface area contributed by atoms with Crippen LogP contribution >= 0.6 is 11.3 Å². The molecule has 0 saturated carbocycles. The predicted octanol–water partition coefficient (Wildman–Crippen LogP) is 3.22. The van der Waals surface area contributed by atoms with Crippen LogP contribution in [0.2, 0.25) is 0 Å². The number of nitrogens with zero attached hydrogens (tertiary/aromatic N) is 1. The Bertz CT molecular complexity index is 593. The van der Waals surface area contributed by atoms with Gasteiger partial charge in [0.25, 0.3) is 0 Å². The molecule has 1 N–H and O–H groups in total. The molecule has 1 aromatic carbocycles. The Hall–Kier alpha value is -1.88. The van der Waals surface area contributed by atoms with Crippen LogP contribution in [0, 0.1) is 13.8 Å². The topological polar surface area (TPSA) is 51.2 Å². The van der Waals surface area contributed by atoms with Gasteiger partial charge >= 0.3 is 5.97 Å². The van der Waals surface area contributed by atoms with E-state index >= 15 is 0 Å². The quantitative estimate of drug-likeness (QED) is 0.871. The van der Waals surface area contributed by atoms with E-state index < -0.39 is 0 Å². The van der Waals surface area contributed by atoms with Crippen molar-refractivity contribution in [1.82, 2.24) is 4.98 Å². The Balaban J connectivity index is 2.11. The maximum atomic E-state index is 11.2. The molecule has 0 amide bonds. The number of thiazole rings is 1. The van der Waals surface area contributed by atoms with E-state index in [-0.39, 0.29) is 12.4 Å². The Kier molecular flexibility index (Phi) is 4.16. The van der Waals surface area contributed by atoms with Gasteiger partial charge in [-0.15, -0.1) is 11.3 Å². The number of hydrogen-bond acceptors (Lipinski definition) is 5. The van der Waals surface area contributed by atoms with E-state index in [1.165, 1.54) is 24.0 Å². The number of ether oxygens (including phenoxy) is 1. The molecule has 2 aromatic rings. The summed E-state index contributed by atoms with van der Waals surface area (Å²) in [7, 11) is 1.38. The zero-order valence-electron chi connectivity index (χ0n) is 11.2. The first-order chi connectivity index (χ1) is 9.08. The Morgan fingerprint density at radius 2 is 2.21 bits per heavy atom. The molecule has 0 aliphatic heterocycles. The maximum absolute atomic E-state index is 11.2. The summed E-state index contributed by atoms with van der Waals surface area (Å²) in [5.41, 5.74) is 4.12. The molecule has 0 aliphatic carbocycles. The summed E-state index contributed by atoms with van der Waals surface area (Å²) in [5.74, 6) is -0.274. The lowest BCUT2D eigenvalue weighted by atomic mass is 10.1. The van der Waals surface area contributed by atoms with Crippen LogP contribution in [0.15, 0.2) is 23.6 Å². The van der Waals surface area contributed by atoms with Crippen LogP contribution in [0.25, 0.3) is 0 Å². The standard InChI is InChI=1S/C14H16N2O2S/c1-9-4-5-10(2)12(6-9)16-14-15-11(8-19-14)7-13(17)18-3/h4-6,8H,7H2,1-3H3,(H,15,16). The predicted molar refractivity (Wildman–Crippen MR) is 77.0 cm³/mol. The number of methoxy groups -OCH3 is 1.